The van der Waals surface area contributed by atoms with Crippen molar-refractivity contribution >= 4 is 129 Å². The van der Waals surface area contributed by atoms with Gasteiger partial charge in [-0.05, 0) is 115 Å². The van der Waals surface area contributed by atoms with Gasteiger partial charge < -0.3 is 9.80 Å². The highest BCUT2D eigenvalue weighted by Crippen LogP contribution is 2.56. The molecular formula is C80H56N2S2. The van der Waals surface area contributed by atoms with E-state index in [9.17, 15) is 0 Å². The molecule has 14 aromatic carbocycles. The first-order valence-corrected chi connectivity index (χ1v) is 30.6. The van der Waals surface area contributed by atoms with Crippen molar-refractivity contribution in [1.82, 2.24) is 0 Å². The van der Waals surface area contributed by atoms with Crippen molar-refractivity contribution in [2.45, 2.75) is 26.2 Å². The second-order valence-corrected chi connectivity index (χ2v) is 25.3. The minimum absolute atomic E-state index is 0.0558. The van der Waals surface area contributed by atoms with Crippen molar-refractivity contribution in [3.8, 4) is 44.5 Å². The molecule has 16 rings (SSSR count). The van der Waals surface area contributed by atoms with Crippen LogP contribution in [0.4, 0.5) is 34.1 Å². The molecule has 0 saturated carbocycles. The monoisotopic (exact) mass is 1110 g/mol. The van der Waals surface area contributed by atoms with Gasteiger partial charge in [0.05, 0.1) is 43.5 Å². The third kappa shape index (κ3) is 8.27. The molecule has 0 N–H and O–H groups in total. The van der Waals surface area contributed by atoms with Gasteiger partial charge in [0, 0.05) is 58.2 Å². The fourth-order valence-corrected chi connectivity index (χ4v) is 15.5. The van der Waals surface area contributed by atoms with Gasteiger partial charge in [0.1, 0.15) is 0 Å². The van der Waals surface area contributed by atoms with Gasteiger partial charge in [0.25, 0.3) is 0 Å². The summed E-state index contributed by atoms with van der Waals surface area (Å²) in [5, 5.41) is 12.4. The van der Waals surface area contributed by atoms with Crippen LogP contribution in [0.1, 0.15) is 26.3 Å². The van der Waals surface area contributed by atoms with Gasteiger partial charge in [0.15, 0.2) is 0 Å². The topological polar surface area (TPSA) is 6.48 Å². The van der Waals surface area contributed by atoms with E-state index in [1.54, 1.807) is 0 Å². The number of nitrogens with zero attached hydrogens (tertiary/aromatic N) is 2. The average Bonchev–Trinajstić information content (AvgIpc) is 1.78. The normalized spacial score (nSPS) is 12.0. The Morgan fingerprint density at radius 3 is 1.08 bits per heavy atom. The first kappa shape index (κ1) is 49.9. The molecule has 0 fully saturated rings. The maximum atomic E-state index is 2.62. The van der Waals surface area contributed by atoms with Crippen molar-refractivity contribution in [3.63, 3.8) is 0 Å². The van der Waals surface area contributed by atoms with E-state index < -0.39 is 0 Å². The molecule has 0 aliphatic heterocycles. The lowest BCUT2D eigenvalue weighted by Gasteiger charge is -2.34. The molecule has 16 aromatic rings. The molecule has 2 aromatic heterocycles. The predicted molar refractivity (Wildman–Crippen MR) is 366 cm³/mol. The molecule has 0 radical (unpaired) electrons. The fourth-order valence-electron chi connectivity index (χ4n) is 13.1. The van der Waals surface area contributed by atoms with Crippen LogP contribution in [0, 0.1) is 0 Å². The number of rotatable bonds is 10. The number of fused-ring (bicyclic) bond motifs is 6. The Hall–Kier alpha value is -9.84. The smallest absolute Gasteiger partial charge is 0.0640 e. The maximum Gasteiger partial charge on any atom is 0.0640 e. The number of hydrogen-bond donors (Lipinski definition) is 0. The molecule has 0 unspecified atom stereocenters. The molecule has 84 heavy (non-hydrogen) atoms. The van der Waals surface area contributed by atoms with Crippen molar-refractivity contribution in [2.24, 2.45) is 0 Å². The highest BCUT2D eigenvalue weighted by atomic mass is 32.1. The summed E-state index contributed by atoms with van der Waals surface area (Å²) in [5.41, 5.74) is 17.2. The number of benzene rings is 14. The molecule has 0 bridgehead atoms. The highest BCUT2D eigenvalue weighted by Gasteiger charge is 2.30. The van der Waals surface area contributed by atoms with Crippen LogP contribution in [0.5, 0.6) is 0 Å². The first-order chi connectivity index (χ1) is 41.3. The maximum absolute atomic E-state index is 2.62. The fraction of sp³-hybridized carbons (Fsp3) is 0.0500. The summed E-state index contributed by atoms with van der Waals surface area (Å²) < 4.78 is 5.01. The van der Waals surface area contributed by atoms with Crippen molar-refractivity contribution in [1.29, 1.82) is 0 Å². The molecule has 0 amide bonds. The summed E-state index contributed by atoms with van der Waals surface area (Å²) in [5.74, 6) is 0. The van der Waals surface area contributed by atoms with E-state index >= 15 is 0 Å². The minimum atomic E-state index is -0.0558. The van der Waals surface area contributed by atoms with Crippen molar-refractivity contribution in [2.75, 3.05) is 9.80 Å². The summed E-state index contributed by atoms with van der Waals surface area (Å²) in [6, 6.07) is 107. The highest BCUT2D eigenvalue weighted by molar-refractivity contribution is 7.26. The largest absolute Gasteiger partial charge is 0.308 e. The summed E-state index contributed by atoms with van der Waals surface area (Å²) in [7, 11) is 0. The van der Waals surface area contributed by atoms with Gasteiger partial charge in [-0.2, -0.15) is 0 Å². The summed E-state index contributed by atoms with van der Waals surface area (Å²) in [4.78, 5) is 5.25. The number of anilines is 6. The predicted octanol–water partition coefficient (Wildman–Crippen LogP) is 24.2. The summed E-state index contributed by atoms with van der Waals surface area (Å²) in [6.07, 6.45) is 0. The zero-order valence-corrected chi connectivity index (χ0v) is 48.5. The van der Waals surface area contributed by atoms with Gasteiger partial charge in [0.2, 0.25) is 0 Å². The minimum Gasteiger partial charge on any atom is -0.308 e. The van der Waals surface area contributed by atoms with Crippen LogP contribution in [0.2, 0.25) is 0 Å². The van der Waals surface area contributed by atoms with Crippen LogP contribution >= 0.6 is 22.7 Å². The van der Waals surface area contributed by atoms with Crippen LogP contribution in [-0.4, -0.2) is 0 Å². The summed E-state index contributed by atoms with van der Waals surface area (Å²) in [6.45, 7) is 6.99. The Morgan fingerprint density at radius 2 is 0.655 bits per heavy atom. The molecule has 4 heteroatoms. The molecule has 0 aliphatic rings. The van der Waals surface area contributed by atoms with Gasteiger partial charge in [-0.25, -0.2) is 0 Å². The lowest BCUT2D eigenvalue weighted by atomic mass is 9.83. The Kier molecular flexibility index (Phi) is 11.9. The van der Waals surface area contributed by atoms with E-state index in [1.807, 2.05) is 22.7 Å². The molecular weight excluding hydrogens is 1050 g/mol. The van der Waals surface area contributed by atoms with E-state index in [0.29, 0.717) is 0 Å². The quantitative estimate of drug-likeness (QED) is 0.126. The van der Waals surface area contributed by atoms with Crippen molar-refractivity contribution in [3.05, 3.63) is 291 Å². The van der Waals surface area contributed by atoms with Gasteiger partial charge in [-0.15, -0.1) is 22.7 Å². The molecule has 0 spiro atoms. The van der Waals surface area contributed by atoms with E-state index in [2.05, 4.69) is 316 Å². The third-order valence-corrected chi connectivity index (χ3v) is 19.5. The van der Waals surface area contributed by atoms with Gasteiger partial charge >= 0.3 is 0 Å². The van der Waals surface area contributed by atoms with E-state index in [0.717, 1.165) is 56.4 Å². The van der Waals surface area contributed by atoms with Gasteiger partial charge in [-0.1, -0.05) is 251 Å². The summed E-state index contributed by atoms with van der Waals surface area (Å²) >= 11 is 3.76. The number of thiophene rings is 2. The second-order valence-electron chi connectivity index (χ2n) is 23.2. The Morgan fingerprint density at radius 1 is 0.262 bits per heavy atom. The van der Waals surface area contributed by atoms with E-state index in [-0.39, 0.29) is 5.41 Å². The zero-order chi connectivity index (χ0) is 56.0. The van der Waals surface area contributed by atoms with Crippen LogP contribution in [-0.2, 0) is 5.41 Å². The first-order valence-electron chi connectivity index (χ1n) is 29.0. The molecule has 398 valence electrons. The van der Waals surface area contributed by atoms with Crippen molar-refractivity contribution < 1.29 is 0 Å². The Labute approximate surface area is 497 Å². The number of hydrogen-bond acceptors (Lipinski definition) is 4. The van der Waals surface area contributed by atoms with E-state index in [4.69, 9.17) is 0 Å². The van der Waals surface area contributed by atoms with Crippen LogP contribution < -0.4 is 9.80 Å². The third-order valence-electron chi connectivity index (χ3n) is 17.1. The zero-order valence-electron chi connectivity index (χ0n) is 46.8. The molecule has 0 saturated heterocycles. The molecule has 0 aliphatic carbocycles. The van der Waals surface area contributed by atoms with Gasteiger partial charge in [-0.3, -0.25) is 0 Å². The second kappa shape index (κ2) is 20.0. The lowest BCUT2D eigenvalue weighted by molar-refractivity contribution is 0.591. The molecule has 2 nitrogen and oxygen atoms in total. The average molecular weight is 1110 g/mol. The molecule has 2 heterocycles. The van der Waals surface area contributed by atoms with Crippen LogP contribution in [0.25, 0.3) is 117 Å². The molecule has 0 atom stereocenters. The SMILES string of the molecule is CC(C)(C)c1cc2ccc3c(N(c4ccc(-c5ccccc5)cc4-c4ccccc4)c4cccc5c4sc4ccccc45)cc(N(c4ccc(-c5ccccc5)cc4-c4ccccc4)c4cccc5c4sc4ccccc45)c4ccc(c1)c2c34. The van der Waals surface area contributed by atoms with E-state index in [1.165, 1.54) is 100 Å². The lowest BCUT2D eigenvalue weighted by Crippen LogP contribution is -2.16. The standard InChI is InChI=1S/C80H56N2S2/c1-80(2,3)59-46-57-38-42-64-72(81(70-34-20-32-62-60-30-16-18-36-74(60)83-78(62)70)68-44-40-55(51-22-8-4-9-23-51)48-66(68)53-26-12-6-13-27-53)50-73(65-43-39-58(47-59)76(57)77(64)65)82(71-35-21-33-63-61-31-17-19-37-75(61)84-79(63)71)69-45-41-56(52-24-10-5-11-25-52)49-67(69)54-28-14-7-15-29-54/h4-50H,1-3H3. The Bertz CT molecular complexity index is 4860. The van der Waals surface area contributed by atoms with Crippen LogP contribution in [0.3, 0.4) is 0 Å². The Balaban J connectivity index is 1.09. The van der Waals surface area contributed by atoms with Crippen LogP contribution in [0.15, 0.2) is 285 Å².